The van der Waals surface area contributed by atoms with Gasteiger partial charge in [0.15, 0.2) is 5.58 Å². The van der Waals surface area contributed by atoms with Gasteiger partial charge in [-0.1, -0.05) is 28.9 Å². The van der Waals surface area contributed by atoms with E-state index in [0.29, 0.717) is 35.5 Å². The smallest absolute Gasteiger partial charge is 0.408 e. The standard InChI is InChI=1S/C21H20ClN5O3/c22-16-7-5-15(6-8-16)20-23-19(30-24-20)13-25-9-11-26(12-10-25)14-27-17-3-1-2-4-18(17)29-21(27)28/h1-8H,9-14H2. The molecular formula is C21H20ClN5O3. The van der Waals surface area contributed by atoms with Gasteiger partial charge in [0, 0.05) is 36.8 Å². The molecule has 1 aliphatic rings. The van der Waals surface area contributed by atoms with Gasteiger partial charge in [0.2, 0.25) is 11.7 Å². The molecule has 0 bridgehead atoms. The van der Waals surface area contributed by atoms with Crippen molar-refractivity contribution in [3.63, 3.8) is 0 Å². The fourth-order valence-electron chi connectivity index (χ4n) is 3.66. The largest absolute Gasteiger partial charge is 0.421 e. The lowest BCUT2D eigenvalue weighted by Crippen LogP contribution is -2.47. The van der Waals surface area contributed by atoms with E-state index in [1.54, 1.807) is 16.7 Å². The van der Waals surface area contributed by atoms with E-state index in [9.17, 15) is 4.79 Å². The minimum atomic E-state index is -0.320. The Kier molecular flexibility index (Phi) is 5.12. The van der Waals surface area contributed by atoms with Crippen LogP contribution < -0.4 is 5.76 Å². The maximum Gasteiger partial charge on any atom is 0.421 e. The number of benzene rings is 2. The minimum Gasteiger partial charge on any atom is -0.408 e. The van der Waals surface area contributed by atoms with Crippen LogP contribution in [0.4, 0.5) is 0 Å². The lowest BCUT2D eigenvalue weighted by molar-refractivity contribution is 0.0942. The van der Waals surface area contributed by atoms with Crippen molar-refractivity contribution in [3.05, 3.63) is 70.0 Å². The van der Waals surface area contributed by atoms with Gasteiger partial charge in [0.1, 0.15) is 0 Å². The average Bonchev–Trinajstić information content (AvgIpc) is 3.34. The number of nitrogens with zero attached hydrogens (tertiary/aromatic N) is 5. The number of aromatic nitrogens is 3. The van der Waals surface area contributed by atoms with Crippen LogP contribution in [0.1, 0.15) is 5.89 Å². The molecule has 0 radical (unpaired) electrons. The first-order valence-corrected chi connectivity index (χ1v) is 10.1. The summed E-state index contributed by atoms with van der Waals surface area (Å²) in [4.78, 5) is 21.2. The molecule has 8 nitrogen and oxygen atoms in total. The molecule has 3 heterocycles. The third-order valence-electron chi connectivity index (χ3n) is 5.31. The molecule has 1 aliphatic heterocycles. The fourth-order valence-corrected chi connectivity index (χ4v) is 3.79. The normalized spacial score (nSPS) is 15.8. The Morgan fingerprint density at radius 1 is 0.967 bits per heavy atom. The zero-order valence-electron chi connectivity index (χ0n) is 16.2. The van der Waals surface area contributed by atoms with Gasteiger partial charge in [0.25, 0.3) is 0 Å². The van der Waals surface area contributed by atoms with Crippen LogP contribution in [0.15, 0.2) is 62.3 Å². The molecule has 0 N–H and O–H groups in total. The molecule has 0 aliphatic carbocycles. The number of oxazole rings is 1. The molecule has 154 valence electrons. The van der Waals surface area contributed by atoms with E-state index in [1.165, 1.54) is 0 Å². The van der Waals surface area contributed by atoms with Crippen molar-refractivity contribution < 1.29 is 8.94 Å². The zero-order chi connectivity index (χ0) is 20.5. The van der Waals surface area contributed by atoms with Gasteiger partial charge in [-0.05, 0) is 36.4 Å². The highest BCUT2D eigenvalue weighted by molar-refractivity contribution is 6.30. The Bertz CT molecular complexity index is 1210. The van der Waals surface area contributed by atoms with E-state index < -0.39 is 0 Å². The van der Waals surface area contributed by atoms with Gasteiger partial charge in [0.05, 0.1) is 18.7 Å². The van der Waals surface area contributed by atoms with E-state index in [2.05, 4.69) is 19.9 Å². The van der Waals surface area contributed by atoms with Crippen LogP contribution in [-0.2, 0) is 13.2 Å². The highest BCUT2D eigenvalue weighted by Gasteiger charge is 2.21. The lowest BCUT2D eigenvalue weighted by Gasteiger charge is -2.33. The van der Waals surface area contributed by atoms with Crippen molar-refractivity contribution in [2.45, 2.75) is 13.2 Å². The van der Waals surface area contributed by atoms with Gasteiger partial charge < -0.3 is 8.94 Å². The molecule has 0 spiro atoms. The molecular weight excluding hydrogens is 406 g/mol. The van der Waals surface area contributed by atoms with Gasteiger partial charge >= 0.3 is 5.76 Å². The zero-order valence-corrected chi connectivity index (χ0v) is 17.0. The highest BCUT2D eigenvalue weighted by atomic mass is 35.5. The number of hydrogen-bond acceptors (Lipinski definition) is 7. The molecule has 0 saturated carbocycles. The Balaban J connectivity index is 1.19. The molecule has 2 aromatic carbocycles. The molecule has 4 aromatic rings. The predicted octanol–water partition coefficient (Wildman–Crippen LogP) is 3.07. The maximum absolute atomic E-state index is 12.2. The number of hydrogen-bond donors (Lipinski definition) is 0. The third kappa shape index (κ3) is 3.89. The number of para-hydroxylation sites is 2. The molecule has 30 heavy (non-hydrogen) atoms. The molecule has 1 saturated heterocycles. The maximum atomic E-state index is 12.2. The predicted molar refractivity (Wildman–Crippen MR) is 112 cm³/mol. The number of fused-ring (bicyclic) bond motifs is 1. The van der Waals surface area contributed by atoms with Crippen LogP contribution >= 0.6 is 11.6 Å². The first-order chi connectivity index (χ1) is 14.7. The quantitative estimate of drug-likeness (QED) is 0.486. The fraction of sp³-hybridized carbons (Fsp3) is 0.286. The summed E-state index contributed by atoms with van der Waals surface area (Å²) in [5, 5.41) is 4.74. The van der Waals surface area contributed by atoms with E-state index in [0.717, 1.165) is 37.3 Å². The van der Waals surface area contributed by atoms with Crippen molar-refractivity contribution in [2.24, 2.45) is 0 Å². The van der Waals surface area contributed by atoms with Crippen LogP contribution in [0.2, 0.25) is 5.02 Å². The van der Waals surface area contributed by atoms with Gasteiger partial charge in [-0.3, -0.25) is 14.4 Å². The highest BCUT2D eigenvalue weighted by Crippen LogP contribution is 2.19. The van der Waals surface area contributed by atoms with E-state index in [-0.39, 0.29) is 5.76 Å². The average molecular weight is 426 g/mol. The molecule has 0 amide bonds. The third-order valence-corrected chi connectivity index (χ3v) is 5.56. The van der Waals surface area contributed by atoms with Crippen molar-refractivity contribution in [1.82, 2.24) is 24.5 Å². The lowest BCUT2D eigenvalue weighted by atomic mass is 10.2. The Labute approximate surface area is 177 Å². The molecule has 9 heteroatoms. The topological polar surface area (TPSA) is 80.5 Å². The number of rotatable bonds is 5. The molecule has 1 fully saturated rings. The summed E-state index contributed by atoms with van der Waals surface area (Å²) >= 11 is 5.93. The SMILES string of the molecule is O=c1oc2ccccc2n1CN1CCN(Cc2nc(-c3ccc(Cl)cc3)no2)CC1. The molecule has 0 atom stereocenters. The second-order valence-corrected chi connectivity index (χ2v) is 7.75. The monoisotopic (exact) mass is 425 g/mol. The van der Waals surface area contributed by atoms with Crippen molar-refractivity contribution >= 4 is 22.7 Å². The summed E-state index contributed by atoms with van der Waals surface area (Å²) in [5.41, 5.74) is 2.32. The first kappa shape index (κ1) is 19.0. The summed E-state index contributed by atoms with van der Waals surface area (Å²) in [6, 6.07) is 14.9. The molecule has 0 unspecified atom stereocenters. The Morgan fingerprint density at radius 3 is 2.50 bits per heavy atom. The van der Waals surface area contributed by atoms with E-state index >= 15 is 0 Å². The van der Waals surface area contributed by atoms with Crippen LogP contribution in [0.3, 0.4) is 0 Å². The van der Waals surface area contributed by atoms with Gasteiger partial charge in [-0.25, -0.2) is 4.79 Å². The van der Waals surface area contributed by atoms with E-state index in [1.807, 2.05) is 36.4 Å². The second kappa shape index (κ2) is 8.06. The summed E-state index contributed by atoms with van der Waals surface area (Å²) < 4.78 is 12.4. The summed E-state index contributed by atoms with van der Waals surface area (Å²) in [7, 11) is 0. The van der Waals surface area contributed by atoms with Crippen molar-refractivity contribution in [3.8, 4) is 11.4 Å². The van der Waals surface area contributed by atoms with Crippen LogP contribution in [-0.4, -0.2) is 50.7 Å². The Morgan fingerprint density at radius 2 is 1.70 bits per heavy atom. The molecule has 5 rings (SSSR count). The van der Waals surface area contributed by atoms with Crippen LogP contribution in [0.25, 0.3) is 22.5 Å². The second-order valence-electron chi connectivity index (χ2n) is 7.32. The number of halogens is 1. The Hall–Kier alpha value is -2.94. The summed E-state index contributed by atoms with van der Waals surface area (Å²) in [6.07, 6.45) is 0. The number of piperazine rings is 1. The van der Waals surface area contributed by atoms with E-state index in [4.69, 9.17) is 20.5 Å². The minimum absolute atomic E-state index is 0.320. The summed E-state index contributed by atoms with van der Waals surface area (Å²) in [6.45, 7) is 4.49. The van der Waals surface area contributed by atoms with Gasteiger partial charge in [-0.15, -0.1) is 0 Å². The molecule has 2 aromatic heterocycles. The van der Waals surface area contributed by atoms with Crippen LogP contribution in [0.5, 0.6) is 0 Å². The van der Waals surface area contributed by atoms with Gasteiger partial charge in [-0.2, -0.15) is 4.98 Å². The summed E-state index contributed by atoms with van der Waals surface area (Å²) in [5.74, 6) is 0.830. The van der Waals surface area contributed by atoms with Crippen molar-refractivity contribution in [2.75, 3.05) is 26.2 Å². The van der Waals surface area contributed by atoms with Crippen molar-refractivity contribution in [1.29, 1.82) is 0 Å². The van der Waals surface area contributed by atoms with Crippen LogP contribution in [0, 0.1) is 0 Å². The first-order valence-electron chi connectivity index (χ1n) is 9.77.